The first-order valence-corrected chi connectivity index (χ1v) is 13.1. The lowest BCUT2D eigenvalue weighted by molar-refractivity contribution is 0.205. The number of nitrogens with one attached hydrogen (secondary N) is 1. The zero-order valence-electron chi connectivity index (χ0n) is 18.9. The van der Waals surface area contributed by atoms with E-state index in [0.29, 0.717) is 18.3 Å². The maximum absolute atomic E-state index is 13.1. The lowest BCUT2D eigenvalue weighted by Gasteiger charge is -2.35. The molecule has 1 unspecified atom stereocenters. The summed E-state index contributed by atoms with van der Waals surface area (Å²) >= 11 is 3.38. The van der Waals surface area contributed by atoms with E-state index in [1.54, 1.807) is 28.0 Å². The normalized spacial score (nSPS) is 16.1. The van der Waals surface area contributed by atoms with Crippen molar-refractivity contribution >= 4 is 34.7 Å². The molecule has 0 saturated heterocycles. The fourth-order valence-electron chi connectivity index (χ4n) is 4.09. The summed E-state index contributed by atoms with van der Waals surface area (Å²) in [6, 6.07) is 21.6. The van der Waals surface area contributed by atoms with Crippen molar-refractivity contribution in [2.24, 2.45) is 0 Å². The first-order valence-electron chi connectivity index (χ1n) is 11.0. The van der Waals surface area contributed by atoms with Crippen molar-refractivity contribution in [3.8, 4) is 11.4 Å². The Morgan fingerprint density at radius 1 is 1.09 bits per heavy atom. The van der Waals surface area contributed by atoms with Crippen molar-refractivity contribution in [3.63, 3.8) is 0 Å². The van der Waals surface area contributed by atoms with Crippen LogP contribution in [-0.2, 0) is 6.42 Å². The number of amides is 2. The zero-order valence-corrected chi connectivity index (χ0v) is 20.5. The number of aromatic nitrogens is 2. The number of rotatable bonds is 7. The summed E-state index contributed by atoms with van der Waals surface area (Å²) in [6.07, 6.45) is 2.82. The summed E-state index contributed by atoms with van der Waals surface area (Å²) in [4.78, 5) is 22.0. The van der Waals surface area contributed by atoms with E-state index in [-0.39, 0.29) is 12.1 Å². The second-order valence-electron chi connectivity index (χ2n) is 7.92. The summed E-state index contributed by atoms with van der Waals surface area (Å²) in [7, 11) is 0. The number of hydrogen-bond donors (Lipinski definition) is 1. The van der Waals surface area contributed by atoms with Gasteiger partial charge in [-0.1, -0.05) is 41.6 Å². The van der Waals surface area contributed by atoms with Gasteiger partial charge in [-0.05, 0) is 60.9 Å². The molecule has 4 aromatic rings. The molecule has 0 aliphatic carbocycles. The molecule has 172 valence electrons. The number of hydrogen-bond acceptors (Lipinski definition) is 6. The fraction of sp³-hybridized carbons (Fsp3) is 0.192. The van der Waals surface area contributed by atoms with Crippen LogP contribution in [0.4, 0.5) is 4.79 Å². The van der Waals surface area contributed by atoms with Crippen molar-refractivity contribution in [2.45, 2.75) is 24.3 Å². The van der Waals surface area contributed by atoms with Gasteiger partial charge in [0.2, 0.25) is 5.82 Å². The molecular formula is C26H24N4O2S2. The molecule has 0 spiro atoms. The maximum atomic E-state index is 13.1. The number of carbonyl (C=O) groups excluding carboxylic acids is 1. The van der Waals surface area contributed by atoms with E-state index < -0.39 is 0 Å². The molecule has 1 atom stereocenters. The standard InChI is InChI=1S/C26H24N4O2S2/c1-17-22(25-28-24(29-32-25)19-10-12-20(33-2)13-11-19)23(18-7-4-3-5-8-18)27-26(31)30(17)15-14-21-9-6-16-34-21/h3-13,16,23H,14-15H2,1-2H3,(H,27,31). The SMILES string of the molecule is CSc1ccc(-c2noc(C3=C(C)N(CCc4cccs4)C(=O)NC3c3ccccc3)n2)cc1. The fourth-order valence-corrected chi connectivity index (χ4v) is 5.20. The Morgan fingerprint density at radius 2 is 1.88 bits per heavy atom. The first-order chi connectivity index (χ1) is 16.6. The topological polar surface area (TPSA) is 71.3 Å². The minimum Gasteiger partial charge on any atom is -0.334 e. The Hall–Kier alpha value is -3.36. The molecule has 0 radical (unpaired) electrons. The predicted molar refractivity (Wildman–Crippen MR) is 137 cm³/mol. The summed E-state index contributed by atoms with van der Waals surface area (Å²) in [5.74, 6) is 0.938. The number of allylic oxidation sites excluding steroid dienone is 1. The Kier molecular flexibility index (Phi) is 6.51. The van der Waals surface area contributed by atoms with Gasteiger partial charge in [0.1, 0.15) is 0 Å². The molecule has 6 nitrogen and oxygen atoms in total. The van der Waals surface area contributed by atoms with E-state index in [1.165, 1.54) is 9.77 Å². The molecule has 1 N–H and O–H groups in total. The van der Waals surface area contributed by atoms with E-state index in [2.05, 4.69) is 21.9 Å². The van der Waals surface area contributed by atoms with Crippen molar-refractivity contribution in [1.29, 1.82) is 0 Å². The van der Waals surface area contributed by atoms with Gasteiger partial charge in [-0.2, -0.15) is 4.98 Å². The Morgan fingerprint density at radius 3 is 2.59 bits per heavy atom. The van der Waals surface area contributed by atoms with Gasteiger partial charge in [-0.3, -0.25) is 4.90 Å². The highest BCUT2D eigenvalue weighted by Crippen LogP contribution is 2.37. The van der Waals surface area contributed by atoms with Crippen LogP contribution >= 0.6 is 23.1 Å². The summed E-state index contributed by atoms with van der Waals surface area (Å²) in [6.45, 7) is 2.52. The Bertz CT molecular complexity index is 1300. The number of nitrogens with zero attached hydrogens (tertiary/aromatic N) is 3. The summed E-state index contributed by atoms with van der Waals surface area (Å²) in [5.41, 5.74) is 3.49. The second-order valence-corrected chi connectivity index (χ2v) is 9.84. The highest BCUT2D eigenvalue weighted by molar-refractivity contribution is 7.98. The Labute approximate surface area is 206 Å². The molecular weight excluding hydrogens is 464 g/mol. The van der Waals surface area contributed by atoms with Crippen molar-refractivity contribution < 1.29 is 9.32 Å². The van der Waals surface area contributed by atoms with Gasteiger partial charge >= 0.3 is 6.03 Å². The third kappa shape index (κ3) is 4.51. The van der Waals surface area contributed by atoms with Crippen LogP contribution in [0.2, 0.25) is 0 Å². The summed E-state index contributed by atoms with van der Waals surface area (Å²) in [5, 5.41) is 9.46. The molecule has 2 aromatic carbocycles. The van der Waals surface area contributed by atoms with E-state index in [4.69, 9.17) is 9.51 Å². The maximum Gasteiger partial charge on any atom is 0.322 e. The van der Waals surface area contributed by atoms with Crippen molar-refractivity contribution in [3.05, 3.63) is 94.1 Å². The van der Waals surface area contributed by atoms with Gasteiger partial charge in [-0.25, -0.2) is 4.79 Å². The van der Waals surface area contributed by atoms with Crippen LogP contribution in [0, 0.1) is 0 Å². The number of benzene rings is 2. The quantitative estimate of drug-likeness (QED) is 0.311. The largest absolute Gasteiger partial charge is 0.334 e. The summed E-state index contributed by atoms with van der Waals surface area (Å²) < 4.78 is 5.77. The van der Waals surface area contributed by atoms with Crippen LogP contribution in [-0.4, -0.2) is 33.9 Å². The van der Waals surface area contributed by atoms with Crippen LogP contribution in [0.1, 0.15) is 29.3 Å². The molecule has 1 aliphatic heterocycles. The molecule has 5 rings (SSSR count). The average molecular weight is 489 g/mol. The van der Waals surface area contributed by atoms with Gasteiger partial charge in [0.15, 0.2) is 0 Å². The van der Waals surface area contributed by atoms with Crippen LogP contribution in [0.15, 0.2) is 87.2 Å². The van der Waals surface area contributed by atoms with Crippen molar-refractivity contribution in [1.82, 2.24) is 20.4 Å². The predicted octanol–water partition coefficient (Wildman–Crippen LogP) is 6.26. The van der Waals surface area contributed by atoms with E-state index in [0.717, 1.165) is 28.8 Å². The van der Waals surface area contributed by atoms with Gasteiger partial charge in [0.25, 0.3) is 5.89 Å². The highest BCUT2D eigenvalue weighted by atomic mass is 32.2. The van der Waals surface area contributed by atoms with Crippen LogP contribution in [0.5, 0.6) is 0 Å². The number of carbonyl (C=O) groups is 1. The van der Waals surface area contributed by atoms with Gasteiger partial charge in [-0.15, -0.1) is 23.1 Å². The lowest BCUT2D eigenvalue weighted by Crippen LogP contribution is -2.46. The molecule has 0 saturated carbocycles. The Balaban J connectivity index is 1.53. The molecule has 0 fully saturated rings. The second kappa shape index (κ2) is 9.87. The third-order valence-corrected chi connectivity index (χ3v) is 7.58. The molecule has 3 heterocycles. The van der Waals surface area contributed by atoms with Gasteiger partial charge < -0.3 is 9.84 Å². The monoisotopic (exact) mass is 488 g/mol. The minimum absolute atomic E-state index is 0.126. The van der Waals surface area contributed by atoms with E-state index >= 15 is 0 Å². The van der Waals surface area contributed by atoms with Gasteiger partial charge in [0, 0.05) is 27.6 Å². The highest BCUT2D eigenvalue weighted by Gasteiger charge is 2.35. The molecule has 34 heavy (non-hydrogen) atoms. The minimum atomic E-state index is -0.376. The third-order valence-electron chi connectivity index (χ3n) is 5.90. The number of thioether (sulfide) groups is 1. The molecule has 2 amide bonds. The molecule has 0 bridgehead atoms. The average Bonchev–Trinajstić information content (AvgIpc) is 3.57. The smallest absolute Gasteiger partial charge is 0.322 e. The van der Waals surface area contributed by atoms with Crippen LogP contribution in [0.3, 0.4) is 0 Å². The zero-order chi connectivity index (χ0) is 23.5. The molecule has 1 aliphatic rings. The number of urea groups is 1. The van der Waals surface area contributed by atoms with Crippen LogP contribution in [0.25, 0.3) is 17.0 Å². The van der Waals surface area contributed by atoms with Crippen LogP contribution < -0.4 is 5.32 Å². The van der Waals surface area contributed by atoms with E-state index in [1.807, 2.05) is 73.8 Å². The molecule has 8 heteroatoms. The number of thiophene rings is 1. The van der Waals surface area contributed by atoms with Crippen molar-refractivity contribution in [2.75, 3.05) is 12.8 Å². The van der Waals surface area contributed by atoms with Gasteiger partial charge in [0.05, 0.1) is 11.6 Å². The molecule has 2 aromatic heterocycles. The first kappa shape index (κ1) is 22.4. The lowest BCUT2D eigenvalue weighted by atomic mass is 9.94. The van der Waals surface area contributed by atoms with E-state index in [9.17, 15) is 4.79 Å².